The van der Waals surface area contributed by atoms with Gasteiger partial charge in [-0.3, -0.25) is 0 Å². The molecule has 1 N–H and O–H groups in total. The van der Waals surface area contributed by atoms with E-state index in [2.05, 4.69) is 10.1 Å². The quantitative estimate of drug-likeness (QED) is 0.824. The summed E-state index contributed by atoms with van der Waals surface area (Å²) in [6, 6.07) is 5.99. The average molecular weight is 305 g/mol. The highest BCUT2D eigenvalue weighted by atomic mass is 19.4. The third kappa shape index (κ3) is 6.35. The Bertz CT molecular complexity index is 430. The van der Waals surface area contributed by atoms with Crippen LogP contribution in [0.1, 0.15) is 38.3 Å². The van der Waals surface area contributed by atoms with Crippen molar-refractivity contribution >= 4 is 0 Å². The van der Waals surface area contributed by atoms with E-state index in [1.165, 1.54) is 12.1 Å². The normalized spacial score (nSPS) is 14.0. The van der Waals surface area contributed by atoms with Crippen LogP contribution in [-0.4, -0.2) is 26.1 Å². The highest BCUT2D eigenvalue weighted by Crippen LogP contribution is 2.27. The van der Waals surface area contributed by atoms with Crippen LogP contribution in [0.4, 0.5) is 13.2 Å². The lowest BCUT2D eigenvalue weighted by molar-refractivity contribution is -0.274. The Morgan fingerprint density at radius 2 is 1.71 bits per heavy atom. The summed E-state index contributed by atoms with van der Waals surface area (Å²) in [7, 11) is 3.49. The molecule has 21 heavy (non-hydrogen) atoms. The second kappa shape index (κ2) is 7.13. The number of rotatable bonds is 7. The van der Waals surface area contributed by atoms with Crippen LogP contribution in [0.2, 0.25) is 0 Å². The Morgan fingerprint density at radius 1 is 1.14 bits per heavy atom. The molecule has 3 nitrogen and oxygen atoms in total. The first kappa shape index (κ1) is 17.8. The van der Waals surface area contributed by atoms with E-state index in [0.717, 1.165) is 18.4 Å². The van der Waals surface area contributed by atoms with Crippen LogP contribution in [-0.2, 0) is 4.74 Å². The Labute approximate surface area is 123 Å². The summed E-state index contributed by atoms with van der Waals surface area (Å²) in [5.41, 5.74) is 0.688. The predicted octanol–water partition coefficient (Wildman–Crippen LogP) is 4.05. The third-order valence-electron chi connectivity index (χ3n) is 3.45. The van der Waals surface area contributed by atoms with Gasteiger partial charge >= 0.3 is 6.36 Å². The predicted molar refractivity (Wildman–Crippen MR) is 75.2 cm³/mol. The van der Waals surface area contributed by atoms with Crippen LogP contribution < -0.4 is 10.1 Å². The van der Waals surface area contributed by atoms with Gasteiger partial charge in [0.2, 0.25) is 0 Å². The molecule has 0 bridgehead atoms. The number of ether oxygens (including phenoxy) is 2. The van der Waals surface area contributed by atoms with Crippen molar-refractivity contribution in [3.8, 4) is 5.75 Å². The monoisotopic (exact) mass is 305 g/mol. The second-order valence-electron chi connectivity index (χ2n) is 5.46. The molecule has 0 saturated carbocycles. The summed E-state index contributed by atoms with van der Waals surface area (Å²) in [5.74, 6) is -0.210. The van der Waals surface area contributed by atoms with Gasteiger partial charge in [-0.15, -0.1) is 13.2 Å². The average Bonchev–Trinajstić information content (AvgIpc) is 2.39. The molecule has 0 heterocycles. The molecule has 1 rings (SSSR count). The minimum absolute atomic E-state index is 0.0550. The van der Waals surface area contributed by atoms with Gasteiger partial charge in [-0.25, -0.2) is 0 Å². The fraction of sp³-hybridized carbons (Fsp3) is 0.600. The molecule has 0 aliphatic rings. The minimum Gasteiger partial charge on any atom is -0.406 e. The number of halogens is 3. The summed E-state index contributed by atoms with van der Waals surface area (Å²) in [6.45, 7) is 4.00. The van der Waals surface area contributed by atoms with Gasteiger partial charge in [-0.2, -0.15) is 0 Å². The van der Waals surface area contributed by atoms with Gasteiger partial charge in [0.05, 0.1) is 5.60 Å². The number of nitrogens with one attached hydrogen (secondary N) is 1. The summed E-state index contributed by atoms with van der Waals surface area (Å²) in [5, 5.41) is 3.16. The standard InChI is InChI=1S/C15H22F3NO2/c1-14(2,20-4)10-9-13(19-3)11-5-7-12(8-6-11)21-15(16,17)18/h5-8,13,19H,9-10H2,1-4H3. The van der Waals surface area contributed by atoms with E-state index < -0.39 is 6.36 Å². The van der Waals surface area contributed by atoms with Gasteiger partial charge in [0.25, 0.3) is 0 Å². The molecule has 0 fully saturated rings. The molecule has 0 amide bonds. The molecule has 1 aromatic carbocycles. The Balaban J connectivity index is 2.69. The van der Waals surface area contributed by atoms with E-state index in [0.29, 0.717) is 0 Å². The summed E-state index contributed by atoms with van der Waals surface area (Å²) in [6.07, 6.45) is -3.01. The Kier molecular flexibility index (Phi) is 6.04. The molecule has 120 valence electrons. The Hall–Kier alpha value is -1.27. The van der Waals surface area contributed by atoms with Crippen molar-refractivity contribution in [2.45, 2.75) is 44.7 Å². The van der Waals surface area contributed by atoms with Crippen molar-refractivity contribution in [2.75, 3.05) is 14.2 Å². The molecule has 0 saturated heterocycles. The van der Waals surface area contributed by atoms with E-state index in [1.807, 2.05) is 20.9 Å². The first-order valence-corrected chi connectivity index (χ1v) is 6.75. The fourth-order valence-corrected chi connectivity index (χ4v) is 1.97. The highest BCUT2D eigenvalue weighted by molar-refractivity contribution is 5.29. The van der Waals surface area contributed by atoms with Crippen molar-refractivity contribution < 1.29 is 22.6 Å². The van der Waals surface area contributed by atoms with Gasteiger partial charge in [0.1, 0.15) is 5.75 Å². The van der Waals surface area contributed by atoms with Gasteiger partial charge in [-0.1, -0.05) is 12.1 Å². The molecule has 6 heteroatoms. The van der Waals surface area contributed by atoms with Gasteiger partial charge in [0.15, 0.2) is 0 Å². The second-order valence-corrected chi connectivity index (χ2v) is 5.46. The van der Waals surface area contributed by atoms with Crippen LogP contribution in [0.3, 0.4) is 0 Å². The minimum atomic E-state index is -4.66. The molecular formula is C15H22F3NO2. The van der Waals surface area contributed by atoms with Crippen molar-refractivity contribution in [3.63, 3.8) is 0 Å². The number of benzene rings is 1. The van der Waals surface area contributed by atoms with Crippen molar-refractivity contribution in [1.29, 1.82) is 0 Å². The SMILES string of the molecule is CNC(CCC(C)(C)OC)c1ccc(OC(F)(F)F)cc1. The highest BCUT2D eigenvalue weighted by Gasteiger charge is 2.31. The molecule has 1 aromatic rings. The lowest BCUT2D eigenvalue weighted by atomic mass is 9.95. The summed E-state index contributed by atoms with van der Waals surface area (Å²) >= 11 is 0. The van der Waals surface area contributed by atoms with Crippen LogP contribution in [0.25, 0.3) is 0 Å². The smallest absolute Gasteiger partial charge is 0.406 e. The van der Waals surface area contributed by atoms with E-state index in [1.54, 1.807) is 19.2 Å². The maximum absolute atomic E-state index is 12.1. The van der Waals surface area contributed by atoms with Crippen LogP contribution in [0, 0.1) is 0 Å². The molecule has 0 radical (unpaired) electrons. The molecule has 0 aromatic heterocycles. The third-order valence-corrected chi connectivity index (χ3v) is 3.45. The number of hydrogen-bond donors (Lipinski definition) is 1. The largest absolute Gasteiger partial charge is 0.573 e. The molecule has 0 spiro atoms. The molecular weight excluding hydrogens is 283 g/mol. The van der Waals surface area contributed by atoms with Crippen LogP contribution >= 0.6 is 0 Å². The zero-order chi connectivity index (χ0) is 16.1. The van der Waals surface area contributed by atoms with Crippen molar-refractivity contribution in [2.24, 2.45) is 0 Å². The maximum atomic E-state index is 12.1. The summed E-state index contributed by atoms with van der Waals surface area (Å²) < 4.78 is 45.6. The number of alkyl halides is 3. The summed E-state index contributed by atoms with van der Waals surface area (Å²) in [4.78, 5) is 0. The Morgan fingerprint density at radius 3 is 2.14 bits per heavy atom. The first-order chi connectivity index (χ1) is 9.67. The van der Waals surface area contributed by atoms with Crippen LogP contribution in [0.15, 0.2) is 24.3 Å². The zero-order valence-electron chi connectivity index (χ0n) is 12.8. The van der Waals surface area contributed by atoms with E-state index in [9.17, 15) is 13.2 Å². The zero-order valence-corrected chi connectivity index (χ0v) is 12.8. The number of methoxy groups -OCH3 is 1. The van der Waals surface area contributed by atoms with Gasteiger partial charge < -0.3 is 14.8 Å². The topological polar surface area (TPSA) is 30.5 Å². The molecule has 1 atom stereocenters. The van der Waals surface area contributed by atoms with Crippen LogP contribution in [0.5, 0.6) is 5.75 Å². The van der Waals surface area contributed by atoms with E-state index in [-0.39, 0.29) is 17.4 Å². The molecule has 1 unspecified atom stereocenters. The lowest BCUT2D eigenvalue weighted by Crippen LogP contribution is -2.26. The lowest BCUT2D eigenvalue weighted by Gasteiger charge is -2.26. The molecule has 0 aliphatic heterocycles. The number of hydrogen-bond acceptors (Lipinski definition) is 3. The van der Waals surface area contributed by atoms with Crippen molar-refractivity contribution in [1.82, 2.24) is 5.32 Å². The fourth-order valence-electron chi connectivity index (χ4n) is 1.97. The molecule has 0 aliphatic carbocycles. The maximum Gasteiger partial charge on any atom is 0.573 e. The van der Waals surface area contributed by atoms with Crippen molar-refractivity contribution in [3.05, 3.63) is 29.8 Å². The first-order valence-electron chi connectivity index (χ1n) is 6.75. The van der Waals surface area contributed by atoms with Gasteiger partial charge in [-0.05, 0) is 51.4 Å². The van der Waals surface area contributed by atoms with Gasteiger partial charge in [0, 0.05) is 13.2 Å². The van der Waals surface area contributed by atoms with E-state index >= 15 is 0 Å². The van der Waals surface area contributed by atoms with E-state index in [4.69, 9.17) is 4.74 Å².